The molecule has 8 heteroatoms. The van der Waals surface area contributed by atoms with E-state index < -0.39 is 0 Å². The Hall–Kier alpha value is -3.94. The van der Waals surface area contributed by atoms with Crippen LogP contribution in [0.2, 0.25) is 0 Å². The fraction of sp³-hybridized carbons (Fsp3) is 0.280. The molecule has 33 heavy (non-hydrogen) atoms. The first kappa shape index (κ1) is 20.9. The van der Waals surface area contributed by atoms with Crippen LogP contribution >= 0.6 is 0 Å². The molecule has 0 saturated carbocycles. The molecule has 8 nitrogen and oxygen atoms in total. The molecule has 1 aromatic carbocycles. The highest BCUT2D eigenvalue weighted by molar-refractivity contribution is 5.79. The Morgan fingerprint density at radius 1 is 1.03 bits per heavy atom. The minimum atomic E-state index is 0.0738. The van der Waals surface area contributed by atoms with Gasteiger partial charge in [0.25, 0.3) is 0 Å². The second kappa shape index (κ2) is 8.90. The number of rotatable bonds is 4. The first-order chi connectivity index (χ1) is 16.1. The van der Waals surface area contributed by atoms with Crippen LogP contribution in [0.15, 0.2) is 61.2 Å². The molecule has 1 fully saturated rings. The summed E-state index contributed by atoms with van der Waals surface area (Å²) < 4.78 is 0. The molecule has 0 unspecified atom stereocenters. The lowest BCUT2D eigenvalue weighted by Gasteiger charge is -2.37. The molecule has 0 aliphatic carbocycles. The molecule has 4 heterocycles. The molecular weight excluding hydrogens is 414 g/mol. The number of fused-ring (bicyclic) bond motifs is 1. The van der Waals surface area contributed by atoms with Gasteiger partial charge in [-0.1, -0.05) is 0 Å². The first-order valence-electron chi connectivity index (χ1n) is 11.1. The molecule has 1 aliphatic rings. The number of carbonyl (C=O) groups is 1. The number of benzene rings is 1. The summed E-state index contributed by atoms with van der Waals surface area (Å²) in [5.74, 6) is 1.59. The molecule has 3 aromatic heterocycles. The van der Waals surface area contributed by atoms with Crippen LogP contribution in [0.1, 0.15) is 38.4 Å². The highest BCUT2D eigenvalue weighted by Gasteiger charge is 2.30. The minimum absolute atomic E-state index is 0.0738. The van der Waals surface area contributed by atoms with Crippen LogP contribution in [0, 0.1) is 0 Å². The van der Waals surface area contributed by atoms with Crippen molar-refractivity contribution >= 4 is 28.4 Å². The van der Waals surface area contributed by atoms with E-state index in [1.165, 1.54) is 0 Å². The summed E-state index contributed by atoms with van der Waals surface area (Å²) in [5.41, 5.74) is 4.23. The molecule has 5 rings (SSSR count). The van der Waals surface area contributed by atoms with E-state index in [9.17, 15) is 4.79 Å². The van der Waals surface area contributed by atoms with Crippen molar-refractivity contribution in [3.05, 3.63) is 67.0 Å². The summed E-state index contributed by atoms with van der Waals surface area (Å²) in [6, 6.07) is 11.9. The molecule has 0 spiro atoms. The summed E-state index contributed by atoms with van der Waals surface area (Å²) in [6.45, 7) is 4.35. The number of hydrogen-bond acceptors (Lipinski definition) is 7. The van der Waals surface area contributed by atoms with Gasteiger partial charge >= 0.3 is 0 Å². The van der Waals surface area contributed by atoms with Crippen molar-refractivity contribution in [2.24, 2.45) is 0 Å². The van der Waals surface area contributed by atoms with Gasteiger partial charge in [0.1, 0.15) is 11.6 Å². The van der Waals surface area contributed by atoms with Crippen molar-refractivity contribution in [3.8, 4) is 11.3 Å². The van der Waals surface area contributed by atoms with Crippen molar-refractivity contribution in [1.82, 2.24) is 29.8 Å². The number of nitrogens with one attached hydrogen (secondary N) is 1. The van der Waals surface area contributed by atoms with Gasteiger partial charge in [-0.3, -0.25) is 19.7 Å². The highest BCUT2D eigenvalue weighted by atomic mass is 16.2. The minimum Gasteiger partial charge on any atom is -0.340 e. The Morgan fingerprint density at radius 3 is 2.67 bits per heavy atom. The van der Waals surface area contributed by atoms with Crippen LogP contribution in [-0.4, -0.2) is 48.3 Å². The summed E-state index contributed by atoms with van der Waals surface area (Å²) in [5, 5.41) is 3.41. The van der Waals surface area contributed by atoms with Crippen molar-refractivity contribution in [3.63, 3.8) is 0 Å². The zero-order chi connectivity index (χ0) is 22.8. The maximum Gasteiger partial charge on any atom is 0.219 e. The number of anilines is 2. The van der Waals surface area contributed by atoms with Gasteiger partial charge in [-0.2, -0.15) is 0 Å². The third-order valence-corrected chi connectivity index (χ3v) is 6.09. The number of carbonyl (C=O) groups excluding carboxylic acids is 1. The van der Waals surface area contributed by atoms with Crippen LogP contribution < -0.4 is 5.32 Å². The van der Waals surface area contributed by atoms with E-state index in [0.717, 1.165) is 46.6 Å². The van der Waals surface area contributed by atoms with Crippen molar-refractivity contribution in [2.75, 3.05) is 11.9 Å². The Labute approximate surface area is 192 Å². The summed E-state index contributed by atoms with van der Waals surface area (Å²) in [6.07, 6.45) is 8.77. The molecule has 166 valence electrons. The Bertz CT molecular complexity index is 1290. The Morgan fingerprint density at radius 2 is 1.88 bits per heavy atom. The smallest absolute Gasteiger partial charge is 0.219 e. The third kappa shape index (κ3) is 4.50. The molecule has 0 bridgehead atoms. The van der Waals surface area contributed by atoms with Crippen LogP contribution in [0.5, 0.6) is 0 Å². The van der Waals surface area contributed by atoms with Gasteiger partial charge in [0, 0.05) is 67.5 Å². The van der Waals surface area contributed by atoms with Gasteiger partial charge < -0.3 is 10.2 Å². The van der Waals surface area contributed by atoms with E-state index in [-0.39, 0.29) is 17.9 Å². The van der Waals surface area contributed by atoms with Gasteiger partial charge in [-0.05, 0) is 50.1 Å². The standard InChI is InChI=1S/C25H25N7O/c1-16-5-6-19(15-32(16)17(2)33)25-30-22(18-4-3-9-26-14-18)13-24(31-25)29-20-7-8-21-23(12-20)28-11-10-27-21/h3-4,7-14,16,19H,5-6,15H2,1-2H3,(H,29,30,31)/t16-,19+/m0/s1. The van der Waals surface area contributed by atoms with Crippen LogP contribution in [0.3, 0.4) is 0 Å². The number of hydrogen-bond donors (Lipinski definition) is 1. The Balaban J connectivity index is 1.52. The largest absolute Gasteiger partial charge is 0.340 e. The quantitative estimate of drug-likeness (QED) is 0.505. The maximum atomic E-state index is 12.1. The maximum absolute atomic E-state index is 12.1. The average Bonchev–Trinajstić information content (AvgIpc) is 2.84. The topological polar surface area (TPSA) is 96.8 Å². The van der Waals surface area contributed by atoms with Crippen molar-refractivity contribution < 1.29 is 4.79 Å². The number of pyridine rings is 1. The number of aromatic nitrogens is 5. The van der Waals surface area contributed by atoms with Crippen LogP contribution in [-0.2, 0) is 4.79 Å². The molecule has 2 atom stereocenters. The van der Waals surface area contributed by atoms with Crippen molar-refractivity contribution in [1.29, 1.82) is 0 Å². The first-order valence-corrected chi connectivity index (χ1v) is 11.1. The SMILES string of the molecule is CC(=O)N1C[C@H](c2nc(Nc3ccc4nccnc4c3)cc(-c3cccnc3)n2)CC[C@@H]1C. The molecule has 4 aromatic rings. The zero-order valence-corrected chi connectivity index (χ0v) is 18.6. The van der Waals surface area contributed by atoms with Gasteiger partial charge in [-0.25, -0.2) is 9.97 Å². The van der Waals surface area contributed by atoms with Gasteiger partial charge in [0.2, 0.25) is 5.91 Å². The molecule has 0 radical (unpaired) electrons. The van der Waals surface area contributed by atoms with Gasteiger partial charge in [-0.15, -0.1) is 0 Å². The summed E-state index contributed by atoms with van der Waals surface area (Å²) in [7, 11) is 0. The Kier molecular flexibility index (Phi) is 5.64. The van der Waals surface area contributed by atoms with E-state index in [4.69, 9.17) is 9.97 Å². The molecular formula is C25H25N7O. The number of nitrogens with zero attached hydrogens (tertiary/aromatic N) is 6. The normalized spacial score (nSPS) is 18.3. The van der Waals surface area contributed by atoms with E-state index in [1.807, 2.05) is 41.3 Å². The van der Waals surface area contributed by atoms with Crippen LogP contribution in [0.25, 0.3) is 22.3 Å². The van der Waals surface area contributed by atoms with E-state index in [0.29, 0.717) is 12.4 Å². The molecule has 1 amide bonds. The fourth-order valence-electron chi connectivity index (χ4n) is 4.32. The van der Waals surface area contributed by atoms with Gasteiger partial charge in [0.15, 0.2) is 0 Å². The zero-order valence-electron chi connectivity index (χ0n) is 18.6. The van der Waals surface area contributed by atoms with Crippen molar-refractivity contribution in [2.45, 2.75) is 38.6 Å². The van der Waals surface area contributed by atoms with E-state index >= 15 is 0 Å². The lowest BCUT2D eigenvalue weighted by atomic mass is 9.92. The second-order valence-corrected chi connectivity index (χ2v) is 8.42. The second-order valence-electron chi connectivity index (χ2n) is 8.42. The fourth-order valence-corrected chi connectivity index (χ4v) is 4.32. The lowest BCUT2D eigenvalue weighted by Crippen LogP contribution is -2.44. The van der Waals surface area contributed by atoms with E-state index in [1.54, 1.807) is 31.7 Å². The average molecular weight is 440 g/mol. The molecule has 1 aliphatic heterocycles. The number of amides is 1. The summed E-state index contributed by atoms with van der Waals surface area (Å²) in [4.78, 5) is 36.8. The monoisotopic (exact) mass is 439 g/mol. The summed E-state index contributed by atoms with van der Waals surface area (Å²) >= 11 is 0. The third-order valence-electron chi connectivity index (χ3n) is 6.09. The highest BCUT2D eigenvalue weighted by Crippen LogP contribution is 2.31. The number of likely N-dealkylation sites (tertiary alicyclic amines) is 1. The van der Waals surface area contributed by atoms with Gasteiger partial charge in [0.05, 0.1) is 16.7 Å². The van der Waals surface area contributed by atoms with E-state index in [2.05, 4.69) is 27.2 Å². The predicted octanol–water partition coefficient (Wildman–Crippen LogP) is 4.34. The lowest BCUT2D eigenvalue weighted by molar-refractivity contribution is -0.132. The van der Waals surface area contributed by atoms with Crippen LogP contribution in [0.4, 0.5) is 11.5 Å². The molecule has 1 N–H and O–H groups in total. The molecule has 1 saturated heterocycles. The predicted molar refractivity (Wildman–Crippen MR) is 127 cm³/mol. The number of piperidine rings is 1.